The number of hydrogen-bond donors (Lipinski definition) is 3. The maximum absolute atomic E-state index is 13.1. The van der Waals surface area contributed by atoms with Gasteiger partial charge in [-0.05, 0) is 99.7 Å². The second-order valence-electron chi connectivity index (χ2n) is 12.9. The number of aliphatic hydroxyl groups is 1. The molecule has 48 heavy (non-hydrogen) atoms. The van der Waals surface area contributed by atoms with E-state index in [1.165, 1.54) is 25.3 Å². The zero-order valence-corrected chi connectivity index (χ0v) is 27.8. The van der Waals surface area contributed by atoms with Crippen LogP contribution in [0, 0.1) is 24.7 Å². The number of alkyl halides is 2. The van der Waals surface area contributed by atoms with Crippen LogP contribution in [0.5, 0.6) is 0 Å². The molecule has 11 nitrogen and oxygen atoms in total. The number of anilines is 2. The molecule has 3 aromatic rings. The molecule has 0 saturated heterocycles. The number of halogens is 2. The van der Waals surface area contributed by atoms with E-state index in [0.717, 1.165) is 5.56 Å². The highest BCUT2D eigenvalue weighted by atomic mass is 19.3. The van der Waals surface area contributed by atoms with E-state index in [4.69, 9.17) is 9.47 Å². The Balaban J connectivity index is 1.32. The second kappa shape index (κ2) is 16.1. The average Bonchev–Trinajstić information content (AvgIpc) is 3.04. The van der Waals surface area contributed by atoms with Gasteiger partial charge in [-0.15, -0.1) is 0 Å². The van der Waals surface area contributed by atoms with Crippen LogP contribution >= 0.6 is 0 Å². The van der Waals surface area contributed by atoms with Gasteiger partial charge in [0.05, 0.1) is 17.3 Å². The van der Waals surface area contributed by atoms with Crippen LogP contribution in [0.15, 0.2) is 48.8 Å². The van der Waals surface area contributed by atoms with Gasteiger partial charge >= 0.3 is 11.9 Å². The molecule has 1 aliphatic rings. The SMILES string of the molecule is CC(=O)N[C@@H](CC(C)C)C(=O)OCOC(=O)C1CCC([C@@](C)(O)c2ccc(-c3cc(C)cc(Nc4cc(C(F)F)ccn4)n3)cn2)CC1. The lowest BCUT2D eigenvalue weighted by Gasteiger charge is -2.37. The molecule has 4 rings (SSSR count). The Morgan fingerprint density at radius 2 is 1.75 bits per heavy atom. The van der Waals surface area contributed by atoms with Gasteiger partial charge in [0.1, 0.15) is 23.3 Å². The summed E-state index contributed by atoms with van der Waals surface area (Å²) in [6, 6.07) is 8.95. The second-order valence-corrected chi connectivity index (χ2v) is 12.9. The summed E-state index contributed by atoms with van der Waals surface area (Å²) < 4.78 is 36.6. The first kappa shape index (κ1) is 36.3. The van der Waals surface area contributed by atoms with E-state index >= 15 is 0 Å². The van der Waals surface area contributed by atoms with E-state index in [-0.39, 0.29) is 29.1 Å². The van der Waals surface area contributed by atoms with E-state index < -0.39 is 42.7 Å². The van der Waals surface area contributed by atoms with Gasteiger partial charge in [-0.3, -0.25) is 14.6 Å². The number of nitrogens with one attached hydrogen (secondary N) is 2. The third-order valence-electron chi connectivity index (χ3n) is 8.47. The number of aromatic nitrogens is 3. The fourth-order valence-electron chi connectivity index (χ4n) is 5.90. The number of pyridine rings is 3. The minimum Gasteiger partial charge on any atom is -0.428 e. The van der Waals surface area contributed by atoms with E-state index in [0.29, 0.717) is 54.9 Å². The molecule has 1 aliphatic carbocycles. The summed E-state index contributed by atoms with van der Waals surface area (Å²) in [7, 11) is 0. The van der Waals surface area contributed by atoms with Crippen LogP contribution in [0.2, 0.25) is 0 Å². The van der Waals surface area contributed by atoms with E-state index in [2.05, 4.69) is 25.6 Å². The van der Waals surface area contributed by atoms with Gasteiger partial charge in [0.15, 0.2) is 0 Å². The van der Waals surface area contributed by atoms with Gasteiger partial charge in [0.25, 0.3) is 6.43 Å². The molecule has 0 bridgehead atoms. The highest BCUT2D eigenvalue weighted by Crippen LogP contribution is 2.41. The predicted octanol–water partition coefficient (Wildman–Crippen LogP) is 6.14. The van der Waals surface area contributed by atoms with Crippen LogP contribution in [0.25, 0.3) is 11.3 Å². The summed E-state index contributed by atoms with van der Waals surface area (Å²) in [5.41, 5.74) is 1.28. The minimum atomic E-state index is -2.61. The smallest absolute Gasteiger partial charge is 0.331 e. The van der Waals surface area contributed by atoms with Crippen molar-refractivity contribution >= 4 is 29.5 Å². The normalized spacial score (nSPS) is 18.1. The molecule has 0 radical (unpaired) electrons. The summed E-state index contributed by atoms with van der Waals surface area (Å²) in [4.78, 5) is 49.8. The molecule has 1 amide bonds. The van der Waals surface area contributed by atoms with Crippen LogP contribution in [0.3, 0.4) is 0 Å². The molecule has 0 spiro atoms. The van der Waals surface area contributed by atoms with Crippen LogP contribution in [0.4, 0.5) is 20.4 Å². The molecule has 3 N–H and O–H groups in total. The van der Waals surface area contributed by atoms with Crippen molar-refractivity contribution < 1.29 is 37.7 Å². The highest BCUT2D eigenvalue weighted by molar-refractivity contribution is 5.83. The van der Waals surface area contributed by atoms with Crippen molar-refractivity contribution in [2.24, 2.45) is 17.8 Å². The minimum absolute atomic E-state index is 0.144. The highest BCUT2D eigenvalue weighted by Gasteiger charge is 2.39. The average molecular weight is 668 g/mol. The van der Waals surface area contributed by atoms with Gasteiger partial charge < -0.3 is 25.2 Å². The van der Waals surface area contributed by atoms with Crippen LogP contribution < -0.4 is 10.6 Å². The largest absolute Gasteiger partial charge is 0.428 e. The molecule has 3 heterocycles. The fourth-order valence-corrected chi connectivity index (χ4v) is 5.90. The van der Waals surface area contributed by atoms with Gasteiger partial charge in [0.2, 0.25) is 12.7 Å². The van der Waals surface area contributed by atoms with Gasteiger partial charge in [-0.25, -0.2) is 23.5 Å². The summed E-state index contributed by atoms with van der Waals surface area (Å²) in [5.74, 6) is -1.19. The Kier molecular flexibility index (Phi) is 12.1. The number of amides is 1. The van der Waals surface area contributed by atoms with Crippen LogP contribution in [-0.2, 0) is 29.5 Å². The van der Waals surface area contributed by atoms with Crippen molar-refractivity contribution in [3.8, 4) is 11.3 Å². The summed E-state index contributed by atoms with van der Waals surface area (Å²) in [5, 5.41) is 17.1. The Morgan fingerprint density at radius 1 is 1.02 bits per heavy atom. The monoisotopic (exact) mass is 667 g/mol. The molecular formula is C35H43F2N5O6. The molecule has 1 saturated carbocycles. The summed E-state index contributed by atoms with van der Waals surface area (Å²) >= 11 is 0. The third-order valence-corrected chi connectivity index (χ3v) is 8.47. The standard InChI is InChI=1S/C35H43F2N5O6/c1-20(2)14-28(40-22(4)43)34(45)48-19-47-33(44)23-6-9-26(10-7-23)35(5,46)29-11-8-25(18-39-29)27-15-21(3)16-31(41-27)42-30-17-24(32(36)37)12-13-38-30/h8,11-13,15-18,20,23,26,28,32,46H,6-7,9-10,14,19H2,1-5H3,(H,40,43)(H,38,41,42)/t23?,26?,28-,35+/m0/s1. The van der Waals surface area contributed by atoms with Gasteiger partial charge in [-0.2, -0.15) is 0 Å². The number of ether oxygens (including phenoxy) is 2. The zero-order chi connectivity index (χ0) is 35.0. The maximum Gasteiger partial charge on any atom is 0.331 e. The Hall–Kier alpha value is -4.52. The Labute approximate surface area is 278 Å². The van der Waals surface area contributed by atoms with E-state index in [9.17, 15) is 28.3 Å². The van der Waals surface area contributed by atoms with Crippen LogP contribution in [0.1, 0.15) is 83.0 Å². The van der Waals surface area contributed by atoms with Crippen molar-refractivity contribution in [1.29, 1.82) is 0 Å². The first-order chi connectivity index (χ1) is 22.7. The number of aryl methyl sites for hydroxylation is 1. The number of esters is 2. The number of hydrogen-bond acceptors (Lipinski definition) is 10. The molecule has 13 heteroatoms. The topological polar surface area (TPSA) is 153 Å². The quantitative estimate of drug-likeness (QED) is 0.143. The fraction of sp³-hybridized carbons (Fsp3) is 0.486. The van der Waals surface area contributed by atoms with Gasteiger partial charge in [-0.1, -0.05) is 13.8 Å². The zero-order valence-electron chi connectivity index (χ0n) is 27.8. The molecule has 0 aliphatic heterocycles. The van der Waals surface area contributed by atoms with E-state index in [1.54, 1.807) is 25.3 Å². The van der Waals surface area contributed by atoms with Gasteiger partial charge in [0, 0.05) is 30.4 Å². The lowest BCUT2D eigenvalue weighted by Crippen LogP contribution is -2.42. The molecule has 0 unspecified atom stereocenters. The first-order valence-electron chi connectivity index (χ1n) is 16.0. The van der Waals surface area contributed by atoms with E-state index in [1.807, 2.05) is 32.9 Å². The number of carbonyl (C=O) groups is 3. The molecular weight excluding hydrogens is 624 g/mol. The van der Waals surface area contributed by atoms with Crippen molar-refractivity contribution in [3.05, 3.63) is 65.6 Å². The van der Waals surface area contributed by atoms with Crippen molar-refractivity contribution in [2.45, 2.75) is 84.8 Å². The molecule has 3 aromatic heterocycles. The number of carbonyl (C=O) groups excluding carboxylic acids is 3. The predicted molar refractivity (Wildman–Crippen MR) is 174 cm³/mol. The summed E-state index contributed by atoms with van der Waals surface area (Å²) in [6.07, 6.45) is 2.83. The lowest BCUT2D eigenvalue weighted by molar-refractivity contribution is -0.173. The number of nitrogens with zero attached hydrogens (tertiary/aromatic N) is 3. The molecule has 0 aromatic carbocycles. The van der Waals surface area contributed by atoms with Crippen molar-refractivity contribution in [1.82, 2.24) is 20.3 Å². The molecule has 1 fully saturated rings. The summed E-state index contributed by atoms with van der Waals surface area (Å²) in [6.45, 7) is 8.23. The Morgan fingerprint density at radius 3 is 2.38 bits per heavy atom. The molecule has 2 atom stereocenters. The van der Waals surface area contributed by atoms with Crippen LogP contribution in [-0.4, -0.2) is 50.7 Å². The Bertz CT molecular complexity index is 1580. The lowest BCUT2D eigenvalue weighted by atomic mass is 9.73. The third kappa shape index (κ3) is 9.75. The maximum atomic E-state index is 13.1. The molecule has 258 valence electrons. The van der Waals surface area contributed by atoms with Crippen molar-refractivity contribution in [2.75, 3.05) is 12.1 Å². The number of rotatable bonds is 13. The van der Waals surface area contributed by atoms with Crippen molar-refractivity contribution in [3.63, 3.8) is 0 Å². The first-order valence-corrected chi connectivity index (χ1v) is 16.0.